The Hall–Kier alpha value is -2.29. The molecule has 0 aliphatic rings. The molecule has 1 amide bonds. The molecule has 1 atom stereocenters. The monoisotopic (exact) mass is 367 g/mol. The van der Waals surface area contributed by atoms with Gasteiger partial charge in [-0.05, 0) is 54.4 Å². The second kappa shape index (κ2) is 10.1. The molecule has 2 aromatic rings. The van der Waals surface area contributed by atoms with Crippen molar-refractivity contribution >= 4 is 5.91 Å². The molecule has 0 saturated heterocycles. The maximum atomic E-state index is 12.3. The van der Waals surface area contributed by atoms with Crippen LogP contribution in [0.5, 0.6) is 5.75 Å². The van der Waals surface area contributed by atoms with Gasteiger partial charge in [-0.1, -0.05) is 70.2 Å². The van der Waals surface area contributed by atoms with Crippen molar-refractivity contribution in [1.29, 1.82) is 0 Å². The highest BCUT2D eigenvalue weighted by atomic mass is 16.5. The normalized spacial score (nSPS) is 12.3. The van der Waals surface area contributed by atoms with Gasteiger partial charge in [0.1, 0.15) is 5.75 Å². The van der Waals surface area contributed by atoms with E-state index in [0.29, 0.717) is 18.4 Å². The first kappa shape index (κ1) is 21.0. The zero-order valence-electron chi connectivity index (χ0n) is 17.3. The van der Waals surface area contributed by atoms with Crippen LogP contribution in [0, 0.1) is 0 Å². The number of aryl methyl sites for hydroxylation is 1. The van der Waals surface area contributed by atoms with Gasteiger partial charge >= 0.3 is 0 Å². The van der Waals surface area contributed by atoms with Crippen molar-refractivity contribution in [2.45, 2.75) is 65.4 Å². The minimum Gasteiger partial charge on any atom is -0.481 e. The van der Waals surface area contributed by atoms with Gasteiger partial charge in [-0.25, -0.2) is 0 Å². The van der Waals surface area contributed by atoms with E-state index < -0.39 is 6.10 Å². The molecule has 3 nitrogen and oxygen atoms in total. The second-order valence-electron chi connectivity index (χ2n) is 7.74. The van der Waals surface area contributed by atoms with Gasteiger partial charge in [-0.15, -0.1) is 0 Å². The first-order chi connectivity index (χ1) is 12.9. The molecule has 2 rings (SSSR count). The Balaban J connectivity index is 1.77. The Labute approximate surface area is 164 Å². The first-order valence-corrected chi connectivity index (χ1v) is 10.0. The summed E-state index contributed by atoms with van der Waals surface area (Å²) < 4.78 is 5.91. The van der Waals surface area contributed by atoms with Crippen LogP contribution in [0.3, 0.4) is 0 Å². The third-order valence-electron chi connectivity index (χ3n) is 4.80. The van der Waals surface area contributed by atoms with E-state index in [-0.39, 0.29) is 5.91 Å². The number of hydrogen-bond donors (Lipinski definition) is 1. The molecule has 0 bridgehead atoms. The average molecular weight is 368 g/mol. The number of para-hydroxylation sites is 1. The van der Waals surface area contributed by atoms with E-state index in [9.17, 15) is 4.79 Å². The summed E-state index contributed by atoms with van der Waals surface area (Å²) in [5, 5.41) is 2.99. The maximum Gasteiger partial charge on any atom is 0.260 e. The minimum atomic E-state index is -0.504. The lowest BCUT2D eigenvalue weighted by Gasteiger charge is -2.18. The number of nitrogens with one attached hydrogen (secondary N) is 1. The Kier molecular flexibility index (Phi) is 7.90. The van der Waals surface area contributed by atoms with Gasteiger partial charge in [0.05, 0.1) is 0 Å². The van der Waals surface area contributed by atoms with Crippen molar-refractivity contribution in [3.05, 3.63) is 65.2 Å². The minimum absolute atomic E-state index is 0.0660. The van der Waals surface area contributed by atoms with Crippen molar-refractivity contribution < 1.29 is 9.53 Å². The highest BCUT2D eigenvalue weighted by Crippen LogP contribution is 2.26. The van der Waals surface area contributed by atoms with E-state index in [1.165, 1.54) is 11.1 Å². The highest BCUT2D eigenvalue weighted by molar-refractivity contribution is 5.80. The van der Waals surface area contributed by atoms with Gasteiger partial charge in [-0.2, -0.15) is 0 Å². The third kappa shape index (κ3) is 6.42. The Morgan fingerprint density at radius 3 is 2.22 bits per heavy atom. The fraction of sp³-hybridized carbons (Fsp3) is 0.458. The Bertz CT molecular complexity index is 719. The van der Waals surface area contributed by atoms with Gasteiger partial charge in [0.25, 0.3) is 5.91 Å². The number of hydrogen-bond acceptors (Lipinski definition) is 2. The lowest BCUT2D eigenvalue weighted by atomic mass is 10.0. The molecule has 0 radical (unpaired) electrons. The number of carbonyl (C=O) groups excluding carboxylic acids is 1. The lowest BCUT2D eigenvalue weighted by molar-refractivity contribution is -0.127. The van der Waals surface area contributed by atoms with E-state index in [1.807, 2.05) is 18.2 Å². The SMILES string of the molecule is CC(C)c1ccc(CCCNC(=O)[C@H](C)Oc2ccccc2C(C)C)cc1. The van der Waals surface area contributed by atoms with Gasteiger partial charge in [0, 0.05) is 6.54 Å². The van der Waals surface area contributed by atoms with Gasteiger partial charge in [-0.3, -0.25) is 4.79 Å². The summed E-state index contributed by atoms with van der Waals surface area (Å²) in [4.78, 5) is 12.3. The molecular formula is C24H33NO2. The van der Waals surface area contributed by atoms with Gasteiger partial charge < -0.3 is 10.1 Å². The van der Waals surface area contributed by atoms with E-state index >= 15 is 0 Å². The third-order valence-corrected chi connectivity index (χ3v) is 4.80. The molecular weight excluding hydrogens is 334 g/mol. The molecule has 0 aliphatic heterocycles. The largest absolute Gasteiger partial charge is 0.481 e. The highest BCUT2D eigenvalue weighted by Gasteiger charge is 2.16. The summed E-state index contributed by atoms with van der Waals surface area (Å²) >= 11 is 0. The van der Waals surface area contributed by atoms with Crippen LogP contribution in [0.1, 0.15) is 69.6 Å². The van der Waals surface area contributed by atoms with E-state index in [1.54, 1.807) is 6.92 Å². The summed E-state index contributed by atoms with van der Waals surface area (Å²) in [6.45, 7) is 11.1. The molecule has 0 aromatic heterocycles. The van der Waals surface area contributed by atoms with Crippen LogP contribution in [0.25, 0.3) is 0 Å². The van der Waals surface area contributed by atoms with Crippen molar-refractivity contribution in [3.8, 4) is 5.75 Å². The molecule has 146 valence electrons. The molecule has 0 spiro atoms. The Morgan fingerprint density at radius 2 is 1.59 bits per heavy atom. The maximum absolute atomic E-state index is 12.3. The summed E-state index contributed by atoms with van der Waals surface area (Å²) in [6, 6.07) is 16.7. The number of carbonyl (C=O) groups is 1. The second-order valence-corrected chi connectivity index (χ2v) is 7.74. The number of amides is 1. The standard InChI is InChI=1S/C24H33NO2/c1-17(2)21-14-12-20(13-15-21)9-8-16-25-24(26)19(5)27-23-11-7-6-10-22(23)18(3)4/h6-7,10-15,17-19H,8-9,16H2,1-5H3,(H,25,26)/t19-/m0/s1. The van der Waals surface area contributed by atoms with Crippen molar-refractivity contribution in [2.75, 3.05) is 6.54 Å². The van der Waals surface area contributed by atoms with E-state index in [2.05, 4.69) is 63.3 Å². The fourth-order valence-corrected chi connectivity index (χ4v) is 3.03. The summed E-state index contributed by atoms with van der Waals surface area (Å²) in [7, 11) is 0. The molecule has 0 fully saturated rings. The predicted molar refractivity (Wildman–Crippen MR) is 112 cm³/mol. The smallest absolute Gasteiger partial charge is 0.260 e. The van der Waals surface area contributed by atoms with Crippen LogP contribution in [0.15, 0.2) is 48.5 Å². The predicted octanol–water partition coefficient (Wildman–Crippen LogP) is 5.45. The van der Waals surface area contributed by atoms with Crippen LogP contribution >= 0.6 is 0 Å². The molecule has 3 heteroatoms. The fourth-order valence-electron chi connectivity index (χ4n) is 3.03. The molecule has 0 heterocycles. The van der Waals surface area contributed by atoms with Crippen LogP contribution in [-0.2, 0) is 11.2 Å². The van der Waals surface area contributed by atoms with Gasteiger partial charge in [0.15, 0.2) is 6.10 Å². The summed E-state index contributed by atoms with van der Waals surface area (Å²) in [5.74, 6) is 1.64. The van der Waals surface area contributed by atoms with Crippen molar-refractivity contribution in [2.24, 2.45) is 0 Å². The topological polar surface area (TPSA) is 38.3 Å². The Morgan fingerprint density at radius 1 is 0.926 bits per heavy atom. The van der Waals surface area contributed by atoms with Crippen molar-refractivity contribution in [1.82, 2.24) is 5.32 Å². The molecule has 0 aliphatic carbocycles. The number of rotatable bonds is 9. The average Bonchev–Trinajstić information content (AvgIpc) is 2.65. The zero-order chi connectivity index (χ0) is 19.8. The van der Waals surface area contributed by atoms with Crippen LogP contribution in [0.4, 0.5) is 0 Å². The molecule has 27 heavy (non-hydrogen) atoms. The molecule has 0 unspecified atom stereocenters. The summed E-state index contributed by atoms with van der Waals surface area (Å²) in [6.07, 6.45) is 1.38. The van der Waals surface area contributed by atoms with Crippen molar-refractivity contribution in [3.63, 3.8) is 0 Å². The number of ether oxygens (including phenoxy) is 1. The molecule has 2 aromatic carbocycles. The zero-order valence-corrected chi connectivity index (χ0v) is 17.3. The van der Waals surface area contributed by atoms with E-state index in [4.69, 9.17) is 4.74 Å². The molecule has 0 saturated carbocycles. The molecule has 1 N–H and O–H groups in total. The van der Waals surface area contributed by atoms with Gasteiger partial charge in [0.2, 0.25) is 0 Å². The van der Waals surface area contributed by atoms with E-state index in [0.717, 1.165) is 24.2 Å². The quantitative estimate of drug-likeness (QED) is 0.599. The van der Waals surface area contributed by atoms with Crippen LogP contribution in [0.2, 0.25) is 0 Å². The number of benzene rings is 2. The van der Waals surface area contributed by atoms with Crippen LogP contribution < -0.4 is 10.1 Å². The first-order valence-electron chi connectivity index (χ1n) is 10.0. The summed E-state index contributed by atoms with van der Waals surface area (Å²) in [5.41, 5.74) is 3.80. The lowest BCUT2D eigenvalue weighted by Crippen LogP contribution is -2.37. The van der Waals surface area contributed by atoms with Crippen LogP contribution in [-0.4, -0.2) is 18.6 Å².